The van der Waals surface area contributed by atoms with Crippen LogP contribution >= 0.6 is 0 Å². The summed E-state index contributed by atoms with van der Waals surface area (Å²) in [6.45, 7) is 1.80. The van der Waals surface area contributed by atoms with Gasteiger partial charge in [-0.3, -0.25) is 4.79 Å². The van der Waals surface area contributed by atoms with Crippen LogP contribution in [0.2, 0.25) is 0 Å². The zero-order valence-corrected chi connectivity index (χ0v) is 15.0. The monoisotopic (exact) mass is 380 g/mol. The van der Waals surface area contributed by atoms with E-state index in [9.17, 15) is 14.0 Å². The quantitative estimate of drug-likeness (QED) is 0.682. The second-order valence-corrected chi connectivity index (χ2v) is 6.33. The average molecular weight is 380 g/mol. The minimum absolute atomic E-state index is 0.0155. The molecule has 0 fully saturated rings. The summed E-state index contributed by atoms with van der Waals surface area (Å²) in [6.07, 6.45) is 0. The minimum Gasteiger partial charge on any atom is -0.462 e. The lowest BCUT2D eigenvalue weighted by atomic mass is 9.83. The van der Waals surface area contributed by atoms with E-state index in [1.807, 2.05) is 0 Å². The van der Waals surface area contributed by atoms with Crippen LogP contribution < -0.4 is 16.0 Å². The molecule has 4 rings (SSSR count). The van der Waals surface area contributed by atoms with Crippen LogP contribution in [0, 0.1) is 5.82 Å². The van der Waals surface area contributed by atoms with E-state index < -0.39 is 23.3 Å². The second kappa shape index (κ2) is 6.84. The molecule has 1 aliphatic heterocycles. The maximum atomic E-state index is 13.5. The first-order valence-corrected chi connectivity index (χ1v) is 8.76. The Morgan fingerprint density at radius 2 is 1.93 bits per heavy atom. The normalized spacial score (nSPS) is 15.9. The first kappa shape index (κ1) is 17.8. The third-order valence-electron chi connectivity index (χ3n) is 4.66. The van der Waals surface area contributed by atoms with Crippen molar-refractivity contribution in [1.82, 2.24) is 4.98 Å². The molecular formula is C21H17FN2O4. The number of benzene rings is 2. The van der Waals surface area contributed by atoms with Gasteiger partial charge in [0.05, 0.1) is 23.6 Å². The number of fused-ring (bicyclic) bond motifs is 3. The summed E-state index contributed by atoms with van der Waals surface area (Å²) in [5.41, 5.74) is 7.02. The van der Waals surface area contributed by atoms with Crippen LogP contribution in [0.25, 0.3) is 10.9 Å². The molecule has 2 heterocycles. The summed E-state index contributed by atoms with van der Waals surface area (Å²) >= 11 is 0. The van der Waals surface area contributed by atoms with Gasteiger partial charge in [-0.1, -0.05) is 24.3 Å². The minimum atomic E-state index is -0.850. The Morgan fingerprint density at radius 3 is 2.64 bits per heavy atom. The van der Waals surface area contributed by atoms with E-state index in [-0.39, 0.29) is 29.4 Å². The molecule has 142 valence electrons. The molecule has 0 spiro atoms. The third kappa shape index (κ3) is 2.81. The molecule has 0 saturated heterocycles. The van der Waals surface area contributed by atoms with Crippen LogP contribution in [0.3, 0.4) is 0 Å². The van der Waals surface area contributed by atoms with Gasteiger partial charge in [0.15, 0.2) is 0 Å². The molecule has 0 bridgehead atoms. The number of carbonyl (C=O) groups excluding carboxylic acids is 1. The molecule has 0 amide bonds. The van der Waals surface area contributed by atoms with Gasteiger partial charge in [-0.25, -0.2) is 9.18 Å². The standard InChI is InChI=1S/C21H17FN2O4/c1-2-27-21(26)17-15(11-7-9-12(22)10-8-11)16-18(28-19(17)23)13-5-3-4-6-14(13)24-20(16)25/h3-10,15H,2,23H2,1H3,(H,24,25)/t15-/m0/s1. The van der Waals surface area contributed by atoms with Gasteiger partial charge >= 0.3 is 5.97 Å². The van der Waals surface area contributed by atoms with Crippen LogP contribution in [-0.2, 0) is 9.53 Å². The third-order valence-corrected chi connectivity index (χ3v) is 4.66. The van der Waals surface area contributed by atoms with E-state index in [2.05, 4.69) is 4.98 Å². The summed E-state index contributed by atoms with van der Waals surface area (Å²) in [7, 11) is 0. The molecular weight excluding hydrogens is 363 g/mol. The van der Waals surface area contributed by atoms with Crippen molar-refractivity contribution in [2.45, 2.75) is 12.8 Å². The lowest BCUT2D eigenvalue weighted by Crippen LogP contribution is -2.32. The number of halogens is 1. The summed E-state index contributed by atoms with van der Waals surface area (Å²) in [4.78, 5) is 28.4. The van der Waals surface area contributed by atoms with Crippen molar-refractivity contribution in [3.63, 3.8) is 0 Å². The first-order valence-electron chi connectivity index (χ1n) is 8.76. The fraction of sp³-hybridized carbons (Fsp3) is 0.143. The van der Waals surface area contributed by atoms with Crippen molar-refractivity contribution in [1.29, 1.82) is 0 Å². The molecule has 0 radical (unpaired) electrons. The Morgan fingerprint density at radius 1 is 1.21 bits per heavy atom. The van der Waals surface area contributed by atoms with Gasteiger partial charge in [0.25, 0.3) is 5.56 Å². The molecule has 0 saturated carbocycles. The van der Waals surface area contributed by atoms with Crippen molar-refractivity contribution in [2.24, 2.45) is 5.73 Å². The number of carbonyl (C=O) groups is 1. The van der Waals surface area contributed by atoms with Gasteiger partial charge in [0, 0.05) is 5.39 Å². The number of nitrogens with one attached hydrogen (secondary N) is 1. The number of aromatic amines is 1. The molecule has 3 N–H and O–H groups in total. The zero-order chi connectivity index (χ0) is 19.8. The molecule has 1 aliphatic rings. The lowest BCUT2D eigenvalue weighted by molar-refractivity contribution is -0.139. The smallest absolute Gasteiger partial charge is 0.340 e. The van der Waals surface area contributed by atoms with Crippen molar-refractivity contribution in [3.8, 4) is 5.75 Å². The first-order chi connectivity index (χ1) is 13.5. The predicted octanol–water partition coefficient (Wildman–Crippen LogP) is 2.92. The Balaban J connectivity index is 2.03. The number of para-hydroxylation sites is 1. The Hall–Kier alpha value is -3.61. The van der Waals surface area contributed by atoms with Crippen LogP contribution in [0.5, 0.6) is 5.75 Å². The SMILES string of the molecule is CCOC(=O)C1=C(N)Oc2c(c(=O)[nH]c3ccccc23)[C@@H]1c1ccc(F)cc1. The number of pyridine rings is 1. The fourth-order valence-electron chi connectivity index (χ4n) is 3.47. The van der Waals surface area contributed by atoms with Crippen LogP contribution in [0.15, 0.2) is 64.8 Å². The zero-order valence-electron chi connectivity index (χ0n) is 15.0. The fourth-order valence-corrected chi connectivity index (χ4v) is 3.47. The van der Waals surface area contributed by atoms with Crippen LogP contribution in [-0.4, -0.2) is 17.6 Å². The van der Waals surface area contributed by atoms with E-state index >= 15 is 0 Å². The van der Waals surface area contributed by atoms with Gasteiger partial charge in [0.2, 0.25) is 5.88 Å². The number of nitrogens with two attached hydrogens (primary N) is 1. The topological polar surface area (TPSA) is 94.4 Å². The highest BCUT2D eigenvalue weighted by molar-refractivity contribution is 5.95. The Labute approximate surface area is 159 Å². The maximum Gasteiger partial charge on any atom is 0.340 e. The molecule has 28 heavy (non-hydrogen) atoms. The highest BCUT2D eigenvalue weighted by Crippen LogP contribution is 2.43. The number of hydrogen-bond donors (Lipinski definition) is 2. The van der Waals surface area contributed by atoms with E-state index in [4.69, 9.17) is 15.2 Å². The van der Waals surface area contributed by atoms with Gasteiger partial charge in [0.1, 0.15) is 17.1 Å². The van der Waals surface area contributed by atoms with Gasteiger partial charge < -0.3 is 20.2 Å². The molecule has 1 aromatic heterocycles. The molecule has 2 aromatic carbocycles. The van der Waals surface area contributed by atoms with E-state index in [0.717, 1.165) is 0 Å². The number of ether oxygens (including phenoxy) is 2. The highest BCUT2D eigenvalue weighted by atomic mass is 19.1. The van der Waals surface area contributed by atoms with Gasteiger partial charge in [-0.05, 0) is 36.8 Å². The number of H-pyrrole nitrogens is 1. The van der Waals surface area contributed by atoms with Crippen molar-refractivity contribution >= 4 is 16.9 Å². The van der Waals surface area contributed by atoms with Crippen molar-refractivity contribution in [3.05, 3.63) is 87.3 Å². The number of aromatic nitrogens is 1. The van der Waals surface area contributed by atoms with E-state index in [1.54, 1.807) is 31.2 Å². The number of hydrogen-bond acceptors (Lipinski definition) is 5. The average Bonchev–Trinajstić information content (AvgIpc) is 2.68. The molecule has 0 unspecified atom stereocenters. The highest BCUT2D eigenvalue weighted by Gasteiger charge is 2.38. The van der Waals surface area contributed by atoms with Crippen molar-refractivity contribution in [2.75, 3.05) is 6.61 Å². The molecule has 7 heteroatoms. The molecule has 0 aliphatic carbocycles. The lowest BCUT2D eigenvalue weighted by Gasteiger charge is -2.28. The van der Waals surface area contributed by atoms with Crippen LogP contribution in [0.1, 0.15) is 24.0 Å². The van der Waals surface area contributed by atoms with Gasteiger partial charge in [-0.2, -0.15) is 0 Å². The van der Waals surface area contributed by atoms with Crippen molar-refractivity contribution < 1.29 is 18.7 Å². The summed E-state index contributed by atoms with van der Waals surface area (Å²) in [5.74, 6) is -1.84. The van der Waals surface area contributed by atoms with E-state index in [1.165, 1.54) is 24.3 Å². The summed E-state index contributed by atoms with van der Waals surface area (Å²) in [5, 5.41) is 0.648. The second-order valence-electron chi connectivity index (χ2n) is 6.33. The van der Waals surface area contributed by atoms with Crippen LogP contribution in [0.4, 0.5) is 4.39 Å². The summed E-state index contributed by atoms with van der Waals surface area (Å²) in [6, 6.07) is 12.7. The number of esters is 1. The van der Waals surface area contributed by atoms with E-state index in [0.29, 0.717) is 16.5 Å². The Bertz CT molecular complexity index is 1170. The predicted molar refractivity (Wildman–Crippen MR) is 101 cm³/mol. The maximum absolute atomic E-state index is 13.5. The van der Waals surface area contributed by atoms with Gasteiger partial charge in [-0.15, -0.1) is 0 Å². The molecule has 6 nitrogen and oxygen atoms in total. The Kier molecular flexibility index (Phi) is 4.35. The number of rotatable bonds is 3. The summed E-state index contributed by atoms with van der Waals surface area (Å²) < 4.78 is 24.3. The molecule has 3 aromatic rings. The largest absolute Gasteiger partial charge is 0.462 e. The molecule has 1 atom stereocenters.